The molecule has 0 aliphatic rings. The predicted molar refractivity (Wildman–Crippen MR) is 86.5 cm³/mol. The molecule has 0 aromatic heterocycles. The first-order valence-electron chi connectivity index (χ1n) is 6.49. The van der Waals surface area contributed by atoms with Gasteiger partial charge < -0.3 is 10.4 Å². The summed E-state index contributed by atoms with van der Waals surface area (Å²) in [5.74, 6) is 0.0375. The highest BCUT2D eigenvalue weighted by Crippen LogP contribution is 2.20. The normalized spacial score (nSPS) is 12.0. The molecule has 0 fully saturated rings. The van der Waals surface area contributed by atoms with Crippen LogP contribution in [0, 0.1) is 0 Å². The number of para-hydroxylation sites is 1. The molecule has 110 valence electrons. The number of benzene rings is 2. The van der Waals surface area contributed by atoms with E-state index in [9.17, 15) is 9.90 Å². The number of carbonyl (C=O) groups excluding carboxylic acids is 1. The molecular formula is C16H15Cl2NO2. The quantitative estimate of drug-likeness (QED) is 0.631. The maximum atomic E-state index is 12.5. The van der Waals surface area contributed by atoms with E-state index in [2.05, 4.69) is 5.32 Å². The third-order valence-electron chi connectivity index (χ3n) is 2.98. The number of aliphatic hydroxyl groups is 1. The highest BCUT2D eigenvalue weighted by molar-refractivity contribution is 6.30. The van der Waals surface area contributed by atoms with Gasteiger partial charge in [-0.3, -0.25) is 4.79 Å². The molecule has 3 nitrogen and oxygen atoms in total. The minimum atomic E-state index is -0.662. The largest absolute Gasteiger partial charge is 0.390 e. The van der Waals surface area contributed by atoms with Crippen molar-refractivity contribution in [1.82, 2.24) is 0 Å². The first-order valence-corrected chi connectivity index (χ1v) is 7.40. The molecule has 0 heterocycles. The van der Waals surface area contributed by atoms with Crippen LogP contribution in [0.25, 0.3) is 0 Å². The second kappa shape index (κ2) is 7.46. The number of aliphatic hydroxyl groups excluding tert-OH is 1. The fraction of sp³-hybridized carbons (Fsp3) is 0.188. The molecular weight excluding hydrogens is 309 g/mol. The molecule has 5 heteroatoms. The first kappa shape index (κ1) is 15.8. The Morgan fingerprint density at radius 2 is 1.81 bits per heavy atom. The van der Waals surface area contributed by atoms with Crippen LogP contribution >= 0.6 is 23.2 Å². The summed E-state index contributed by atoms with van der Waals surface area (Å²) in [7, 11) is 0. The molecule has 0 aliphatic carbocycles. The van der Waals surface area contributed by atoms with Gasteiger partial charge in [-0.15, -0.1) is 11.6 Å². The molecule has 0 spiro atoms. The standard InChI is InChI=1S/C16H15Cl2NO2/c17-9-13(20)10-19-15-4-2-1-3-14(15)16(21)11-5-7-12(18)8-6-11/h1-8,13,19-20H,9-10H2. The summed E-state index contributed by atoms with van der Waals surface area (Å²) < 4.78 is 0. The summed E-state index contributed by atoms with van der Waals surface area (Å²) in [6, 6.07) is 13.9. The van der Waals surface area contributed by atoms with Gasteiger partial charge in [0.1, 0.15) is 0 Å². The van der Waals surface area contributed by atoms with Gasteiger partial charge in [0.25, 0.3) is 0 Å². The lowest BCUT2D eigenvalue weighted by atomic mass is 10.0. The Labute approximate surface area is 133 Å². The molecule has 0 saturated heterocycles. The van der Waals surface area contributed by atoms with E-state index in [1.165, 1.54) is 0 Å². The van der Waals surface area contributed by atoms with Crippen LogP contribution < -0.4 is 5.32 Å². The number of ketones is 1. The van der Waals surface area contributed by atoms with E-state index in [1.807, 2.05) is 6.07 Å². The zero-order chi connectivity index (χ0) is 15.2. The number of halogens is 2. The average Bonchev–Trinajstić information content (AvgIpc) is 2.53. The third kappa shape index (κ3) is 4.21. The smallest absolute Gasteiger partial charge is 0.195 e. The second-order valence-corrected chi connectivity index (χ2v) is 5.32. The van der Waals surface area contributed by atoms with Gasteiger partial charge in [0.2, 0.25) is 0 Å². The summed E-state index contributed by atoms with van der Waals surface area (Å²) in [5.41, 5.74) is 1.77. The van der Waals surface area contributed by atoms with E-state index in [0.717, 1.165) is 0 Å². The summed E-state index contributed by atoms with van der Waals surface area (Å²) in [5, 5.41) is 13.1. The molecule has 1 atom stereocenters. The highest BCUT2D eigenvalue weighted by atomic mass is 35.5. The van der Waals surface area contributed by atoms with E-state index < -0.39 is 6.10 Å². The number of carbonyl (C=O) groups is 1. The molecule has 2 rings (SSSR count). The molecule has 0 bridgehead atoms. The Morgan fingerprint density at radius 1 is 1.14 bits per heavy atom. The van der Waals surface area contributed by atoms with Gasteiger partial charge in [-0.2, -0.15) is 0 Å². The van der Waals surface area contributed by atoms with Crippen molar-refractivity contribution >= 4 is 34.7 Å². The van der Waals surface area contributed by atoms with Crippen molar-refractivity contribution < 1.29 is 9.90 Å². The van der Waals surface area contributed by atoms with Gasteiger partial charge >= 0.3 is 0 Å². The zero-order valence-electron chi connectivity index (χ0n) is 11.2. The van der Waals surface area contributed by atoms with Gasteiger partial charge in [-0.25, -0.2) is 0 Å². The van der Waals surface area contributed by atoms with E-state index in [0.29, 0.717) is 21.8 Å². The second-order valence-electron chi connectivity index (χ2n) is 4.57. The van der Waals surface area contributed by atoms with Crippen molar-refractivity contribution in [3.8, 4) is 0 Å². The minimum Gasteiger partial charge on any atom is -0.390 e. The van der Waals surface area contributed by atoms with Crippen molar-refractivity contribution in [3.63, 3.8) is 0 Å². The molecule has 0 saturated carbocycles. The Bertz CT molecular complexity index is 614. The SMILES string of the molecule is O=C(c1ccc(Cl)cc1)c1ccccc1NCC(O)CCl. The van der Waals surface area contributed by atoms with Gasteiger partial charge in [-0.05, 0) is 36.4 Å². The summed E-state index contributed by atoms with van der Waals surface area (Å²) >= 11 is 11.4. The predicted octanol–water partition coefficient (Wildman–Crippen LogP) is 3.58. The maximum Gasteiger partial charge on any atom is 0.195 e. The van der Waals surface area contributed by atoms with Crippen LogP contribution in [0.1, 0.15) is 15.9 Å². The van der Waals surface area contributed by atoms with Gasteiger partial charge in [0.05, 0.1) is 12.0 Å². The number of hydrogen-bond acceptors (Lipinski definition) is 3. The summed E-state index contributed by atoms with van der Waals surface area (Å²) in [6.45, 7) is 0.286. The zero-order valence-corrected chi connectivity index (χ0v) is 12.7. The summed E-state index contributed by atoms with van der Waals surface area (Å²) in [6.07, 6.45) is -0.662. The Kier molecular flexibility index (Phi) is 5.62. The minimum absolute atomic E-state index is 0.102. The van der Waals surface area contributed by atoms with Crippen molar-refractivity contribution in [3.05, 3.63) is 64.7 Å². The number of nitrogens with one attached hydrogen (secondary N) is 1. The Morgan fingerprint density at radius 3 is 2.48 bits per heavy atom. The van der Waals surface area contributed by atoms with Gasteiger partial charge in [0, 0.05) is 28.4 Å². The molecule has 0 aliphatic heterocycles. The molecule has 2 N–H and O–H groups in total. The van der Waals surface area contributed by atoms with Crippen LogP contribution in [0.15, 0.2) is 48.5 Å². The van der Waals surface area contributed by atoms with Crippen LogP contribution in [-0.4, -0.2) is 29.4 Å². The Hall–Kier alpha value is -1.55. The van der Waals surface area contributed by atoms with Crippen molar-refractivity contribution in [2.45, 2.75) is 6.10 Å². The molecule has 1 unspecified atom stereocenters. The van der Waals surface area contributed by atoms with Gasteiger partial charge in [-0.1, -0.05) is 23.7 Å². The third-order valence-corrected chi connectivity index (χ3v) is 3.59. The fourth-order valence-corrected chi connectivity index (χ4v) is 2.11. The molecule has 2 aromatic carbocycles. The molecule has 0 amide bonds. The first-order chi connectivity index (χ1) is 10.1. The van der Waals surface area contributed by atoms with E-state index in [4.69, 9.17) is 23.2 Å². The molecule has 21 heavy (non-hydrogen) atoms. The number of hydrogen-bond donors (Lipinski definition) is 2. The molecule has 0 radical (unpaired) electrons. The van der Waals surface area contributed by atoms with Crippen molar-refractivity contribution in [2.24, 2.45) is 0 Å². The van der Waals surface area contributed by atoms with Crippen LogP contribution in [0.3, 0.4) is 0 Å². The summed E-state index contributed by atoms with van der Waals surface area (Å²) in [4.78, 5) is 12.5. The van der Waals surface area contributed by atoms with Crippen LogP contribution in [0.5, 0.6) is 0 Å². The number of anilines is 1. The lowest BCUT2D eigenvalue weighted by Gasteiger charge is -2.13. The van der Waals surface area contributed by atoms with Crippen LogP contribution in [-0.2, 0) is 0 Å². The topological polar surface area (TPSA) is 49.3 Å². The van der Waals surface area contributed by atoms with E-state index in [-0.39, 0.29) is 18.2 Å². The average molecular weight is 324 g/mol. The number of alkyl halides is 1. The monoisotopic (exact) mass is 323 g/mol. The lowest BCUT2D eigenvalue weighted by Crippen LogP contribution is -2.21. The maximum absolute atomic E-state index is 12.5. The fourth-order valence-electron chi connectivity index (χ4n) is 1.87. The van der Waals surface area contributed by atoms with Crippen LogP contribution in [0.2, 0.25) is 5.02 Å². The highest BCUT2D eigenvalue weighted by Gasteiger charge is 2.13. The van der Waals surface area contributed by atoms with Gasteiger partial charge in [0.15, 0.2) is 5.78 Å². The van der Waals surface area contributed by atoms with E-state index >= 15 is 0 Å². The van der Waals surface area contributed by atoms with E-state index in [1.54, 1.807) is 42.5 Å². The van der Waals surface area contributed by atoms with Crippen LogP contribution in [0.4, 0.5) is 5.69 Å². The lowest BCUT2D eigenvalue weighted by molar-refractivity contribution is 0.103. The van der Waals surface area contributed by atoms with Crippen molar-refractivity contribution in [2.75, 3.05) is 17.7 Å². The number of rotatable bonds is 6. The van der Waals surface area contributed by atoms with Crippen molar-refractivity contribution in [1.29, 1.82) is 0 Å². The molecule has 2 aromatic rings. The Balaban J connectivity index is 2.22.